The molecule has 0 radical (unpaired) electrons. The van der Waals surface area contributed by atoms with E-state index in [1.807, 2.05) is 29.2 Å². The lowest BCUT2D eigenvalue weighted by Gasteiger charge is -2.13. The molecule has 1 amide bonds. The molecule has 1 aliphatic rings. The standard InChI is InChI=1S/C12H11N3O/c13-7-10(12(14)16)8-15-6-5-9-3-1-2-4-11(9)15/h1-4,8H,5-6H2,(H2,14,16)/b10-8-. The highest BCUT2D eigenvalue weighted by Crippen LogP contribution is 2.27. The van der Waals surface area contributed by atoms with Gasteiger partial charge in [-0.15, -0.1) is 0 Å². The molecule has 0 saturated carbocycles. The smallest absolute Gasteiger partial charge is 0.260 e. The number of carbonyl (C=O) groups is 1. The molecule has 0 unspecified atom stereocenters. The van der Waals surface area contributed by atoms with Crippen LogP contribution in [0.15, 0.2) is 36.0 Å². The molecule has 2 rings (SSSR count). The van der Waals surface area contributed by atoms with Crippen molar-refractivity contribution in [3.05, 3.63) is 41.6 Å². The van der Waals surface area contributed by atoms with Crippen LogP contribution in [0.25, 0.3) is 0 Å². The van der Waals surface area contributed by atoms with E-state index in [1.54, 1.807) is 6.07 Å². The predicted octanol–water partition coefficient (Wildman–Crippen LogP) is 0.942. The number of hydrogen-bond donors (Lipinski definition) is 1. The third-order valence-corrected chi connectivity index (χ3v) is 2.59. The first-order chi connectivity index (χ1) is 7.72. The molecule has 0 bridgehead atoms. The van der Waals surface area contributed by atoms with Crippen molar-refractivity contribution in [2.75, 3.05) is 11.4 Å². The van der Waals surface area contributed by atoms with E-state index in [0.29, 0.717) is 0 Å². The van der Waals surface area contributed by atoms with Crippen molar-refractivity contribution >= 4 is 11.6 Å². The number of benzene rings is 1. The minimum absolute atomic E-state index is 0.0169. The third kappa shape index (κ3) is 1.75. The molecule has 1 heterocycles. The average molecular weight is 213 g/mol. The number of carbonyl (C=O) groups excluding carboxylic acids is 1. The van der Waals surface area contributed by atoms with E-state index >= 15 is 0 Å². The first-order valence-electron chi connectivity index (χ1n) is 4.98. The number of primary amides is 1. The number of hydrogen-bond acceptors (Lipinski definition) is 3. The van der Waals surface area contributed by atoms with Crippen molar-refractivity contribution in [2.45, 2.75) is 6.42 Å². The van der Waals surface area contributed by atoms with Crippen LogP contribution in [0.3, 0.4) is 0 Å². The molecule has 4 nitrogen and oxygen atoms in total. The van der Waals surface area contributed by atoms with Gasteiger partial charge < -0.3 is 10.6 Å². The van der Waals surface area contributed by atoms with Gasteiger partial charge in [0.05, 0.1) is 0 Å². The summed E-state index contributed by atoms with van der Waals surface area (Å²) in [4.78, 5) is 12.8. The third-order valence-electron chi connectivity index (χ3n) is 2.59. The number of rotatable bonds is 2. The van der Waals surface area contributed by atoms with Gasteiger partial charge in [-0.3, -0.25) is 4.79 Å². The van der Waals surface area contributed by atoms with Crippen LogP contribution in [-0.4, -0.2) is 12.5 Å². The molecule has 4 heteroatoms. The van der Waals surface area contributed by atoms with Gasteiger partial charge in [-0.05, 0) is 18.1 Å². The normalized spacial score (nSPS) is 14.4. The van der Waals surface area contributed by atoms with Crippen LogP contribution in [0.2, 0.25) is 0 Å². The Morgan fingerprint density at radius 2 is 2.25 bits per heavy atom. The fourth-order valence-electron chi connectivity index (χ4n) is 1.80. The number of fused-ring (bicyclic) bond motifs is 1. The maximum Gasteiger partial charge on any atom is 0.260 e. The summed E-state index contributed by atoms with van der Waals surface area (Å²) in [5.41, 5.74) is 7.33. The van der Waals surface area contributed by atoms with Crippen molar-refractivity contribution in [2.24, 2.45) is 5.73 Å². The number of amides is 1. The van der Waals surface area contributed by atoms with Crippen molar-refractivity contribution in [3.63, 3.8) is 0 Å². The SMILES string of the molecule is N#C/C(=C/N1CCc2ccccc21)C(N)=O. The summed E-state index contributed by atoms with van der Waals surface area (Å²) in [6.07, 6.45) is 2.44. The van der Waals surface area contributed by atoms with Crippen LogP contribution in [0.4, 0.5) is 5.69 Å². The summed E-state index contributed by atoms with van der Waals surface area (Å²) in [6, 6.07) is 9.72. The molecule has 1 aliphatic heterocycles. The number of anilines is 1. The number of nitrogens with zero attached hydrogens (tertiary/aromatic N) is 2. The Morgan fingerprint density at radius 3 is 2.94 bits per heavy atom. The summed E-state index contributed by atoms with van der Waals surface area (Å²) < 4.78 is 0. The molecule has 0 atom stereocenters. The average Bonchev–Trinajstić information content (AvgIpc) is 2.69. The minimum Gasteiger partial charge on any atom is -0.365 e. The first-order valence-corrected chi connectivity index (χ1v) is 4.98. The maximum absolute atomic E-state index is 10.9. The van der Waals surface area contributed by atoms with E-state index in [-0.39, 0.29) is 5.57 Å². The quantitative estimate of drug-likeness (QED) is 0.587. The van der Waals surface area contributed by atoms with Gasteiger partial charge >= 0.3 is 0 Å². The summed E-state index contributed by atoms with van der Waals surface area (Å²) in [7, 11) is 0. The predicted molar refractivity (Wildman–Crippen MR) is 60.4 cm³/mol. The topological polar surface area (TPSA) is 70.1 Å². The van der Waals surface area contributed by atoms with Crippen molar-refractivity contribution in [3.8, 4) is 6.07 Å². The highest BCUT2D eigenvalue weighted by atomic mass is 16.1. The zero-order valence-corrected chi connectivity index (χ0v) is 8.68. The van der Waals surface area contributed by atoms with Crippen LogP contribution in [0.1, 0.15) is 5.56 Å². The Kier molecular flexibility index (Phi) is 2.61. The fraction of sp³-hybridized carbons (Fsp3) is 0.167. The molecule has 0 saturated heterocycles. The van der Waals surface area contributed by atoms with Gasteiger partial charge in [-0.25, -0.2) is 0 Å². The van der Waals surface area contributed by atoms with Gasteiger partial charge in [0.25, 0.3) is 5.91 Å². The number of para-hydroxylation sites is 1. The fourth-order valence-corrected chi connectivity index (χ4v) is 1.80. The zero-order chi connectivity index (χ0) is 11.5. The molecule has 2 N–H and O–H groups in total. The van der Waals surface area contributed by atoms with Crippen molar-refractivity contribution in [1.29, 1.82) is 5.26 Å². The largest absolute Gasteiger partial charge is 0.365 e. The van der Waals surface area contributed by atoms with Crippen LogP contribution in [0.5, 0.6) is 0 Å². The summed E-state index contributed by atoms with van der Waals surface area (Å²) in [5.74, 6) is -0.688. The molecule has 0 spiro atoms. The summed E-state index contributed by atoms with van der Waals surface area (Å²) in [6.45, 7) is 0.776. The van der Waals surface area contributed by atoms with E-state index < -0.39 is 5.91 Å². The van der Waals surface area contributed by atoms with E-state index in [2.05, 4.69) is 0 Å². The van der Waals surface area contributed by atoms with E-state index in [9.17, 15) is 4.79 Å². The number of nitriles is 1. The lowest BCUT2D eigenvalue weighted by molar-refractivity contribution is -0.114. The van der Waals surface area contributed by atoms with Crippen molar-refractivity contribution < 1.29 is 4.79 Å². The molecule has 0 fully saturated rings. The Labute approximate surface area is 93.6 Å². The Morgan fingerprint density at radius 1 is 1.50 bits per heavy atom. The molecule has 1 aromatic carbocycles. The molecule has 0 aromatic heterocycles. The van der Waals surface area contributed by atoms with Crippen LogP contribution in [-0.2, 0) is 11.2 Å². The number of nitrogens with two attached hydrogens (primary N) is 1. The van der Waals surface area contributed by atoms with Crippen LogP contribution < -0.4 is 10.6 Å². The van der Waals surface area contributed by atoms with Gasteiger partial charge in [0.2, 0.25) is 0 Å². The second-order valence-electron chi connectivity index (χ2n) is 3.59. The van der Waals surface area contributed by atoms with Crippen LogP contribution in [0, 0.1) is 11.3 Å². The van der Waals surface area contributed by atoms with Gasteiger partial charge in [0, 0.05) is 18.4 Å². The Hall–Kier alpha value is -2.28. The zero-order valence-electron chi connectivity index (χ0n) is 8.68. The van der Waals surface area contributed by atoms with Crippen LogP contribution >= 0.6 is 0 Å². The Bertz CT molecular complexity index is 499. The van der Waals surface area contributed by atoms with E-state index in [1.165, 1.54) is 11.8 Å². The summed E-state index contributed by atoms with van der Waals surface area (Å²) >= 11 is 0. The molecular weight excluding hydrogens is 202 g/mol. The molecule has 1 aromatic rings. The molecule has 0 aliphatic carbocycles. The highest BCUT2D eigenvalue weighted by molar-refractivity contribution is 5.96. The van der Waals surface area contributed by atoms with E-state index in [4.69, 9.17) is 11.0 Å². The maximum atomic E-state index is 10.9. The lowest BCUT2D eigenvalue weighted by Crippen LogP contribution is -2.19. The molecular formula is C12H11N3O. The second kappa shape index (κ2) is 4.07. The minimum atomic E-state index is -0.688. The molecule has 80 valence electrons. The van der Waals surface area contributed by atoms with Gasteiger partial charge in [0.15, 0.2) is 0 Å². The van der Waals surface area contributed by atoms with E-state index in [0.717, 1.165) is 18.7 Å². The van der Waals surface area contributed by atoms with Gasteiger partial charge in [-0.1, -0.05) is 18.2 Å². The highest BCUT2D eigenvalue weighted by Gasteiger charge is 2.17. The monoisotopic (exact) mass is 213 g/mol. The Balaban J connectivity index is 2.33. The van der Waals surface area contributed by atoms with Gasteiger partial charge in [-0.2, -0.15) is 5.26 Å². The van der Waals surface area contributed by atoms with Gasteiger partial charge in [0.1, 0.15) is 11.6 Å². The first kappa shape index (κ1) is 10.2. The summed E-state index contributed by atoms with van der Waals surface area (Å²) in [5, 5.41) is 8.76. The van der Waals surface area contributed by atoms with Crippen molar-refractivity contribution in [1.82, 2.24) is 0 Å². The molecule has 16 heavy (non-hydrogen) atoms. The lowest BCUT2D eigenvalue weighted by atomic mass is 10.2. The second-order valence-corrected chi connectivity index (χ2v) is 3.59.